The molecule has 0 atom stereocenters. The number of rotatable bonds is 4. The number of benzene rings is 2. The first-order valence-electron chi connectivity index (χ1n) is 7.95. The molecule has 0 aliphatic carbocycles. The molecule has 0 aliphatic heterocycles. The number of alkyl halides is 3. The third-order valence-corrected chi connectivity index (χ3v) is 4.80. The Hall–Kier alpha value is -2.87. The molecule has 0 saturated carbocycles. The lowest BCUT2D eigenvalue weighted by Gasteiger charge is -2.13. The molecule has 0 unspecified atom stereocenters. The van der Waals surface area contributed by atoms with Crippen LogP contribution in [0.4, 0.5) is 13.2 Å². The third-order valence-electron chi connectivity index (χ3n) is 3.72. The fourth-order valence-electron chi connectivity index (χ4n) is 2.57. The van der Waals surface area contributed by atoms with Gasteiger partial charge in [0.15, 0.2) is 4.88 Å². The predicted octanol–water partition coefficient (Wildman–Crippen LogP) is 5.38. The lowest BCUT2D eigenvalue weighted by Crippen LogP contribution is -2.06. The summed E-state index contributed by atoms with van der Waals surface area (Å²) in [6.07, 6.45) is -4.48. The number of nitrogens with zero attached hydrogens (tertiary/aromatic N) is 1. The Labute approximate surface area is 156 Å². The molecule has 27 heavy (non-hydrogen) atoms. The predicted molar refractivity (Wildman–Crippen MR) is 95.6 cm³/mol. The van der Waals surface area contributed by atoms with E-state index in [1.54, 1.807) is 25.1 Å². The molecule has 0 radical (unpaired) electrons. The molecule has 1 aromatic heterocycles. The quantitative estimate of drug-likeness (QED) is 0.605. The molecule has 0 aliphatic rings. The van der Waals surface area contributed by atoms with E-state index < -0.39 is 23.6 Å². The second kappa shape index (κ2) is 7.40. The fourth-order valence-corrected chi connectivity index (χ4v) is 3.42. The summed E-state index contributed by atoms with van der Waals surface area (Å²) in [7, 11) is 0. The molecule has 2 aromatic carbocycles. The van der Waals surface area contributed by atoms with Crippen molar-refractivity contribution in [3.05, 3.63) is 59.0 Å². The number of aromatic nitrogens is 1. The highest BCUT2D eigenvalue weighted by molar-refractivity contribution is 7.17. The summed E-state index contributed by atoms with van der Waals surface area (Å²) in [5.41, 5.74) is 0.141. The second-order valence-electron chi connectivity index (χ2n) is 5.52. The van der Waals surface area contributed by atoms with Gasteiger partial charge in [-0.15, -0.1) is 11.3 Å². The van der Waals surface area contributed by atoms with Crippen LogP contribution in [0.2, 0.25) is 0 Å². The van der Waals surface area contributed by atoms with Crippen molar-refractivity contribution in [3.63, 3.8) is 0 Å². The van der Waals surface area contributed by atoms with Crippen molar-refractivity contribution in [2.24, 2.45) is 0 Å². The number of ether oxygens (including phenoxy) is 1. The maximum absolute atomic E-state index is 13.3. The molecule has 3 rings (SSSR count). The molecular weight excluding hydrogens is 379 g/mol. The molecule has 0 spiro atoms. The van der Waals surface area contributed by atoms with E-state index in [1.165, 1.54) is 24.3 Å². The van der Waals surface area contributed by atoms with Crippen molar-refractivity contribution in [3.8, 4) is 27.6 Å². The van der Waals surface area contributed by atoms with E-state index in [1.807, 2.05) is 0 Å². The smallest absolute Gasteiger partial charge is 0.417 e. The molecule has 1 N–H and O–H groups in total. The molecule has 0 amide bonds. The average Bonchev–Trinajstić information content (AvgIpc) is 3.03. The van der Waals surface area contributed by atoms with E-state index in [4.69, 9.17) is 4.74 Å². The molecule has 3 aromatic rings. The van der Waals surface area contributed by atoms with Crippen LogP contribution in [0.25, 0.3) is 21.7 Å². The summed E-state index contributed by atoms with van der Waals surface area (Å²) in [5, 5.41) is 10.2. The Balaban J connectivity index is 2.04. The monoisotopic (exact) mass is 393 g/mol. The van der Waals surface area contributed by atoms with Crippen molar-refractivity contribution in [2.45, 2.75) is 13.1 Å². The van der Waals surface area contributed by atoms with Gasteiger partial charge in [0, 0.05) is 5.56 Å². The van der Waals surface area contributed by atoms with E-state index >= 15 is 0 Å². The zero-order valence-corrected chi connectivity index (χ0v) is 14.9. The standard InChI is InChI=1S/C19H14F3NO3S/c1-2-26-18(25)15-16(24)23-17(27-15)12-7-5-6-11(10-12)13-8-3-4-9-14(13)19(20,21)22/h3-10,24H,2H2,1H3. The Morgan fingerprint density at radius 1 is 1.15 bits per heavy atom. The largest absolute Gasteiger partial charge is 0.492 e. The second-order valence-corrected chi connectivity index (χ2v) is 6.52. The summed E-state index contributed by atoms with van der Waals surface area (Å²) in [6, 6.07) is 11.6. The zero-order chi connectivity index (χ0) is 19.6. The van der Waals surface area contributed by atoms with E-state index in [0.29, 0.717) is 16.1 Å². The normalized spacial score (nSPS) is 11.4. The van der Waals surface area contributed by atoms with Crippen molar-refractivity contribution in [2.75, 3.05) is 6.61 Å². The van der Waals surface area contributed by atoms with Gasteiger partial charge >= 0.3 is 12.1 Å². The maximum atomic E-state index is 13.3. The fraction of sp³-hybridized carbons (Fsp3) is 0.158. The molecule has 140 valence electrons. The first kappa shape index (κ1) is 18.9. The van der Waals surface area contributed by atoms with Crippen LogP contribution >= 0.6 is 11.3 Å². The van der Waals surface area contributed by atoms with Gasteiger partial charge < -0.3 is 9.84 Å². The minimum absolute atomic E-state index is 0.0400. The summed E-state index contributed by atoms with van der Waals surface area (Å²) in [5.74, 6) is -1.16. The van der Waals surface area contributed by atoms with E-state index in [-0.39, 0.29) is 17.0 Å². The Morgan fingerprint density at radius 2 is 1.85 bits per heavy atom. The molecule has 4 nitrogen and oxygen atoms in total. The number of esters is 1. The van der Waals surface area contributed by atoms with Gasteiger partial charge in [-0.1, -0.05) is 36.4 Å². The van der Waals surface area contributed by atoms with Crippen LogP contribution in [0.1, 0.15) is 22.2 Å². The lowest BCUT2D eigenvalue weighted by atomic mass is 9.98. The maximum Gasteiger partial charge on any atom is 0.417 e. The zero-order valence-electron chi connectivity index (χ0n) is 14.1. The number of hydrogen-bond donors (Lipinski definition) is 1. The third kappa shape index (κ3) is 3.95. The highest BCUT2D eigenvalue weighted by Crippen LogP contribution is 2.39. The molecule has 0 fully saturated rings. The van der Waals surface area contributed by atoms with Gasteiger partial charge in [-0.05, 0) is 30.2 Å². The number of carbonyl (C=O) groups is 1. The number of hydrogen-bond acceptors (Lipinski definition) is 5. The van der Waals surface area contributed by atoms with Crippen molar-refractivity contribution in [1.82, 2.24) is 4.98 Å². The Kier molecular flexibility index (Phi) is 5.18. The number of halogens is 3. The minimum atomic E-state index is -4.48. The van der Waals surface area contributed by atoms with Crippen LogP contribution in [0.15, 0.2) is 48.5 Å². The number of thiazole rings is 1. The van der Waals surface area contributed by atoms with Gasteiger partial charge in [0.25, 0.3) is 0 Å². The van der Waals surface area contributed by atoms with Crippen LogP contribution in [-0.2, 0) is 10.9 Å². The Bertz CT molecular complexity index is 982. The van der Waals surface area contributed by atoms with Gasteiger partial charge in [-0.3, -0.25) is 0 Å². The van der Waals surface area contributed by atoms with Crippen LogP contribution in [0.3, 0.4) is 0 Å². The molecular formula is C19H14F3NO3S. The summed E-state index contributed by atoms with van der Waals surface area (Å²) in [6.45, 7) is 1.79. The van der Waals surface area contributed by atoms with Gasteiger partial charge in [0.1, 0.15) is 5.01 Å². The van der Waals surface area contributed by atoms with Gasteiger partial charge in [0.05, 0.1) is 12.2 Å². The molecule has 8 heteroatoms. The Morgan fingerprint density at radius 3 is 2.56 bits per heavy atom. The van der Waals surface area contributed by atoms with Crippen molar-refractivity contribution in [1.29, 1.82) is 0 Å². The summed E-state index contributed by atoms with van der Waals surface area (Å²) >= 11 is 0.916. The van der Waals surface area contributed by atoms with E-state index in [9.17, 15) is 23.1 Å². The average molecular weight is 393 g/mol. The number of aromatic hydroxyl groups is 1. The molecule has 0 bridgehead atoms. The first-order chi connectivity index (χ1) is 12.8. The van der Waals surface area contributed by atoms with Crippen LogP contribution in [-0.4, -0.2) is 22.7 Å². The highest BCUT2D eigenvalue weighted by atomic mass is 32.1. The first-order valence-corrected chi connectivity index (χ1v) is 8.77. The van der Waals surface area contributed by atoms with Crippen molar-refractivity contribution < 1.29 is 27.8 Å². The van der Waals surface area contributed by atoms with Gasteiger partial charge in [-0.25, -0.2) is 9.78 Å². The van der Waals surface area contributed by atoms with Crippen LogP contribution in [0.5, 0.6) is 5.88 Å². The van der Waals surface area contributed by atoms with E-state index in [0.717, 1.165) is 17.4 Å². The number of carbonyl (C=O) groups excluding carboxylic acids is 1. The van der Waals surface area contributed by atoms with Crippen LogP contribution < -0.4 is 0 Å². The van der Waals surface area contributed by atoms with E-state index in [2.05, 4.69) is 4.98 Å². The molecule has 0 saturated heterocycles. The van der Waals surface area contributed by atoms with Gasteiger partial charge in [-0.2, -0.15) is 13.2 Å². The highest BCUT2D eigenvalue weighted by Gasteiger charge is 2.33. The van der Waals surface area contributed by atoms with Gasteiger partial charge in [0.2, 0.25) is 5.88 Å². The minimum Gasteiger partial charge on any atom is -0.492 e. The summed E-state index contributed by atoms with van der Waals surface area (Å²) in [4.78, 5) is 15.7. The lowest BCUT2D eigenvalue weighted by molar-refractivity contribution is -0.137. The van der Waals surface area contributed by atoms with Crippen molar-refractivity contribution >= 4 is 17.3 Å². The SMILES string of the molecule is CCOC(=O)c1sc(-c2cccc(-c3ccccc3C(F)(F)F)c2)nc1O. The molecule has 1 heterocycles. The van der Waals surface area contributed by atoms with Crippen LogP contribution in [0, 0.1) is 0 Å². The topological polar surface area (TPSA) is 59.4 Å². The summed E-state index contributed by atoms with van der Waals surface area (Å²) < 4.78 is 44.7.